The number of aromatic hydroxyl groups is 1. The zero-order valence-corrected chi connectivity index (χ0v) is 17.7. The Kier molecular flexibility index (Phi) is 5.28. The fourth-order valence-corrected chi connectivity index (χ4v) is 7.09. The summed E-state index contributed by atoms with van der Waals surface area (Å²) in [6, 6.07) is 6.77. The number of nitrogens with zero attached hydrogens (tertiary/aromatic N) is 1. The van der Waals surface area contributed by atoms with Gasteiger partial charge < -0.3 is 15.3 Å². The molecule has 3 nitrogen and oxygen atoms in total. The summed E-state index contributed by atoms with van der Waals surface area (Å²) < 4.78 is 0. The minimum Gasteiger partial charge on any atom is -0.508 e. The van der Waals surface area contributed by atoms with Crippen LogP contribution in [-0.2, 0) is 6.42 Å². The van der Waals surface area contributed by atoms with E-state index in [-0.39, 0.29) is 0 Å². The van der Waals surface area contributed by atoms with Crippen LogP contribution in [0.1, 0.15) is 63.0 Å². The highest BCUT2D eigenvalue weighted by Gasteiger charge is 2.55. The molecule has 0 radical (unpaired) electrons. The summed E-state index contributed by atoms with van der Waals surface area (Å²) in [5.74, 6) is 3.70. The van der Waals surface area contributed by atoms with Crippen molar-refractivity contribution in [2.24, 2.45) is 23.2 Å². The summed E-state index contributed by atoms with van der Waals surface area (Å²) >= 11 is 0. The van der Waals surface area contributed by atoms with Gasteiger partial charge in [0.2, 0.25) is 0 Å². The Labute approximate surface area is 165 Å². The molecule has 150 valence electrons. The van der Waals surface area contributed by atoms with Crippen molar-refractivity contribution in [3.63, 3.8) is 0 Å². The van der Waals surface area contributed by atoms with Crippen LogP contribution in [0.3, 0.4) is 0 Å². The van der Waals surface area contributed by atoms with Gasteiger partial charge in [0, 0.05) is 19.1 Å². The number of likely N-dealkylation sites (N-methyl/N-ethyl adjacent to an activating group) is 1. The molecule has 3 heteroatoms. The first-order valence-electron chi connectivity index (χ1n) is 11.1. The topological polar surface area (TPSA) is 35.5 Å². The van der Waals surface area contributed by atoms with Crippen molar-refractivity contribution >= 4 is 0 Å². The summed E-state index contributed by atoms with van der Waals surface area (Å²) in [7, 11) is 4.31. The third-order valence-electron chi connectivity index (χ3n) is 8.41. The first-order valence-corrected chi connectivity index (χ1v) is 11.1. The van der Waals surface area contributed by atoms with Crippen LogP contribution in [0.4, 0.5) is 0 Å². The number of phenols is 1. The van der Waals surface area contributed by atoms with Crippen molar-refractivity contribution in [3.8, 4) is 5.75 Å². The van der Waals surface area contributed by atoms with Gasteiger partial charge in [0.1, 0.15) is 5.75 Å². The number of hydrogen-bond acceptors (Lipinski definition) is 3. The van der Waals surface area contributed by atoms with Crippen LogP contribution in [0.2, 0.25) is 0 Å². The minimum absolute atomic E-state index is 0.436. The molecule has 1 aromatic carbocycles. The first-order chi connectivity index (χ1) is 12.9. The van der Waals surface area contributed by atoms with Gasteiger partial charge in [0.25, 0.3) is 0 Å². The molecule has 1 aromatic rings. The van der Waals surface area contributed by atoms with Gasteiger partial charge >= 0.3 is 0 Å². The Morgan fingerprint density at radius 2 is 2.04 bits per heavy atom. The van der Waals surface area contributed by atoms with Gasteiger partial charge in [0.15, 0.2) is 0 Å². The molecule has 3 aliphatic carbocycles. The Morgan fingerprint density at radius 3 is 2.81 bits per heavy atom. The normalized spacial score (nSPS) is 36.2. The molecule has 0 spiro atoms. The first kappa shape index (κ1) is 19.3. The number of fused-ring (bicyclic) bond motifs is 5. The molecule has 4 rings (SSSR count). The molecule has 0 aliphatic heterocycles. The van der Waals surface area contributed by atoms with Gasteiger partial charge in [-0.25, -0.2) is 0 Å². The highest BCUT2D eigenvalue weighted by molar-refractivity contribution is 5.40. The zero-order chi connectivity index (χ0) is 19.2. The standard InChI is InChI=1S/C24H38N2O/c1-16(25-13-14-26(3)4)22-9-10-23-21-7-5-17-15-18(27)6-8-19(17)20(21)11-12-24(22,23)2/h6,8,15-16,20-23,25,27H,5,7,9-14H2,1-4H3/t16-,20+,21+,22-,23-,24+/m1/s1. The molecule has 0 unspecified atom stereocenters. The van der Waals surface area contributed by atoms with Crippen molar-refractivity contribution < 1.29 is 5.11 Å². The third-order valence-corrected chi connectivity index (χ3v) is 8.41. The van der Waals surface area contributed by atoms with Crippen LogP contribution in [-0.4, -0.2) is 43.2 Å². The Balaban J connectivity index is 1.49. The summed E-state index contributed by atoms with van der Waals surface area (Å²) in [4.78, 5) is 2.27. The van der Waals surface area contributed by atoms with Gasteiger partial charge in [-0.2, -0.15) is 0 Å². The molecule has 2 fully saturated rings. The lowest BCUT2D eigenvalue weighted by molar-refractivity contribution is 0.0181. The monoisotopic (exact) mass is 370 g/mol. The quantitative estimate of drug-likeness (QED) is 0.806. The maximum atomic E-state index is 9.87. The molecule has 0 saturated heterocycles. The molecule has 0 amide bonds. The molecule has 2 saturated carbocycles. The minimum atomic E-state index is 0.436. The lowest BCUT2D eigenvalue weighted by Crippen LogP contribution is -2.48. The van der Waals surface area contributed by atoms with Crippen molar-refractivity contribution in [1.29, 1.82) is 0 Å². The average molecular weight is 371 g/mol. The molecular formula is C24H38N2O. The largest absolute Gasteiger partial charge is 0.508 e. The smallest absolute Gasteiger partial charge is 0.115 e. The second-order valence-electron chi connectivity index (χ2n) is 10.1. The van der Waals surface area contributed by atoms with E-state index in [1.54, 1.807) is 5.56 Å². The predicted octanol–water partition coefficient (Wildman–Crippen LogP) is 4.40. The van der Waals surface area contributed by atoms with Crippen molar-refractivity contribution in [3.05, 3.63) is 29.3 Å². The number of hydrogen-bond donors (Lipinski definition) is 2. The number of aryl methyl sites for hydroxylation is 1. The SMILES string of the molecule is C[C@@H](NCCN(C)C)[C@H]1CC[C@@H]2[C@H]3CCc4cc(O)ccc4[C@@H]3CC[C@]21C. The lowest BCUT2D eigenvalue weighted by atomic mass is 9.53. The average Bonchev–Trinajstić information content (AvgIpc) is 2.98. The summed E-state index contributed by atoms with van der Waals surface area (Å²) in [5.41, 5.74) is 3.46. The summed E-state index contributed by atoms with van der Waals surface area (Å²) in [6.45, 7) is 7.25. The van der Waals surface area contributed by atoms with Gasteiger partial charge in [-0.05, 0) is 112 Å². The predicted molar refractivity (Wildman–Crippen MR) is 112 cm³/mol. The molecule has 2 N–H and O–H groups in total. The van der Waals surface area contributed by atoms with Crippen LogP contribution >= 0.6 is 0 Å². The molecule has 3 aliphatic rings. The van der Waals surface area contributed by atoms with Crippen molar-refractivity contribution in [1.82, 2.24) is 10.2 Å². The highest BCUT2D eigenvalue weighted by atomic mass is 16.3. The second kappa shape index (κ2) is 7.40. The molecule has 6 atom stereocenters. The lowest BCUT2D eigenvalue weighted by Gasteiger charge is -2.52. The molecule has 0 bridgehead atoms. The molecule has 0 aromatic heterocycles. The van der Waals surface area contributed by atoms with E-state index in [4.69, 9.17) is 0 Å². The van der Waals surface area contributed by atoms with E-state index >= 15 is 0 Å². The van der Waals surface area contributed by atoms with Crippen LogP contribution in [0.15, 0.2) is 18.2 Å². The fourth-order valence-electron chi connectivity index (χ4n) is 7.09. The van der Waals surface area contributed by atoms with E-state index in [0.29, 0.717) is 17.2 Å². The Hall–Kier alpha value is -1.06. The summed E-state index contributed by atoms with van der Waals surface area (Å²) in [6.07, 6.45) is 7.97. The van der Waals surface area contributed by atoms with E-state index in [9.17, 15) is 5.11 Å². The van der Waals surface area contributed by atoms with E-state index in [1.807, 2.05) is 12.1 Å². The molecule has 27 heavy (non-hydrogen) atoms. The Bertz CT molecular complexity index is 672. The van der Waals surface area contributed by atoms with E-state index in [2.05, 4.69) is 44.2 Å². The summed E-state index contributed by atoms with van der Waals surface area (Å²) in [5, 5.41) is 13.7. The Morgan fingerprint density at radius 1 is 1.22 bits per heavy atom. The van der Waals surface area contributed by atoms with E-state index in [0.717, 1.165) is 43.2 Å². The van der Waals surface area contributed by atoms with Gasteiger partial charge in [-0.15, -0.1) is 0 Å². The van der Waals surface area contributed by atoms with Gasteiger partial charge in [-0.3, -0.25) is 0 Å². The van der Waals surface area contributed by atoms with Gasteiger partial charge in [-0.1, -0.05) is 13.0 Å². The van der Waals surface area contributed by atoms with E-state index in [1.165, 1.54) is 37.7 Å². The maximum Gasteiger partial charge on any atom is 0.115 e. The van der Waals surface area contributed by atoms with E-state index < -0.39 is 0 Å². The molecular weight excluding hydrogens is 332 g/mol. The number of phenolic OH excluding ortho intramolecular Hbond substituents is 1. The zero-order valence-electron chi connectivity index (χ0n) is 17.7. The van der Waals surface area contributed by atoms with Crippen molar-refractivity contribution in [2.75, 3.05) is 27.2 Å². The molecule has 0 heterocycles. The van der Waals surface area contributed by atoms with Gasteiger partial charge in [0.05, 0.1) is 0 Å². The number of rotatable bonds is 5. The van der Waals surface area contributed by atoms with Crippen LogP contribution < -0.4 is 5.32 Å². The fraction of sp³-hybridized carbons (Fsp3) is 0.750. The van der Waals surface area contributed by atoms with Crippen LogP contribution in [0.25, 0.3) is 0 Å². The number of nitrogens with one attached hydrogen (secondary N) is 1. The van der Waals surface area contributed by atoms with Crippen molar-refractivity contribution in [2.45, 2.75) is 64.3 Å². The maximum absolute atomic E-state index is 9.87. The second-order valence-corrected chi connectivity index (χ2v) is 10.1. The number of benzene rings is 1. The third kappa shape index (κ3) is 3.42. The van der Waals surface area contributed by atoms with Crippen LogP contribution in [0.5, 0.6) is 5.75 Å². The van der Waals surface area contributed by atoms with Crippen LogP contribution in [0, 0.1) is 23.2 Å². The highest BCUT2D eigenvalue weighted by Crippen LogP contribution is 2.63.